The van der Waals surface area contributed by atoms with Gasteiger partial charge in [-0.2, -0.15) is 13.2 Å². The first-order chi connectivity index (χ1) is 6.48. The molecule has 4 atom stereocenters. The molecule has 0 aromatic carbocycles. The summed E-state index contributed by atoms with van der Waals surface area (Å²) in [7, 11) is 0. The average molecular weight is 207 g/mol. The zero-order valence-electron chi connectivity index (χ0n) is 8.27. The molecule has 2 rings (SSSR count). The van der Waals surface area contributed by atoms with E-state index in [-0.39, 0.29) is 6.04 Å². The lowest BCUT2D eigenvalue weighted by atomic mass is 9.75. The summed E-state index contributed by atoms with van der Waals surface area (Å²) in [6.45, 7) is 2.10. The third-order valence-corrected chi connectivity index (χ3v) is 3.74. The number of alkyl halides is 3. The largest absolute Gasteiger partial charge is 0.393 e. The molecule has 0 aromatic heterocycles. The summed E-state index contributed by atoms with van der Waals surface area (Å²) in [5, 5.41) is 3.14. The molecule has 0 spiro atoms. The van der Waals surface area contributed by atoms with Crippen LogP contribution in [-0.2, 0) is 0 Å². The molecule has 0 aliphatic heterocycles. The Kier molecular flexibility index (Phi) is 2.50. The summed E-state index contributed by atoms with van der Waals surface area (Å²) >= 11 is 0. The first kappa shape index (κ1) is 10.3. The number of hydrogen-bond donors (Lipinski definition) is 1. The minimum Gasteiger partial charge on any atom is -0.310 e. The molecule has 0 bridgehead atoms. The van der Waals surface area contributed by atoms with Crippen LogP contribution in [0.1, 0.15) is 32.6 Å². The molecular formula is C10H16F3N. The van der Waals surface area contributed by atoms with E-state index in [0.717, 1.165) is 12.8 Å². The minimum absolute atomic E-state index is 0.303. The summed E-state index contributed by atoms with van der Waals surface area (Å²) < 4.78 is 37.1. The summed E-state index contributed by atoms with van der Waals surface area (Å²) in [5.74, 6) is -0.528. The molecule has 1 nitrogen and oxygen atoms in total. The van der Waals surface area contributed by atoms with E-state index in [2.05, 4.69) is 12.2 Å². The van der Waals surface area contributed by atoms with E-state index in [1.54, 1.807) is 0 Å². The molecule has 0 amide bonds. The van der Waals surface area contributed by atoms with Crippen LogP contribution in [0.25, 0.3) is 0 Å². The first-order valence-corrected chi connectivity index (χ1v) is 5.31. The van der Waals surface area contributed by atoms with Gasteiger partial charge in [0, 0.05) is 12.1 Å². The quantitative estimate of drug-likeness (QED) is 0.734. The van der Waals surface area contributed by atoms with Gasteiger partial charge in [0.2, 0.25) is 0 Å². The van der Waals surface area contributed by atoms with E-state index >= 15 is 0 Å². The maximum absolute atomic E-state index is 12.4. The normalized spacial score (nSPS) is 42.9. The Labute approximate surface area is 82.1 Å². The molecule has 2 saturated carbocycles. The Bertz CT molecular complexity index is 214. The third kappa shape index (κ3) is 1.76. The highest BCUT2D eigenvalue weighted by atomic mass is 19.4. The van der Waals surface area contributed by atoms with Crippen LogP contribution < -0.4 is 5.32 Å². The number of nitrogens with one attached hydrogen (secondary N) is 1. The van der Waals surface area contributed by atoms with Crippen LogP contribution in [-0.4, -0.2) is 18.3 Å². The van der Waals surface area contributed by atoms with Gasteiger partial charge in [-0.05, 0) is 31.6 Å². The van der Waals surface area contributed by atoms with Crippen molar-refractivity contribution in [3.63, 3.8) is 0 Å². The lowest BCUT2D eigenvalue weighted by molar-refractivity contribution is -0.204. The number of halogens is 3. The van der Waals surface area contributed by atoms with Crippen molar-refractivity contribution < 1.29 is 13.2 Å². The first-order valence-electron chi connectivity index (χ1n) is 5.31. The van der Waals surface area contributed by atoms with Gasteiger partial charge < -0.3 is 5.32 Å². The van der Waals surface area contributed by atoms with Crippen molar-refractivity contribution in [2.75, 3.05) is 0 Å². The molecule has 0 radical (unpaired) electrons. The van der Waals surface area contributed by atoms with E-state index in [0.29, 0.717) is 24.8 Å². The Balaban J connectivity index is 1.82. The SMILES string of the molecule is CC1CCC1NC1CCC1C(F)(F)F. The van der Waals surface area contributed by atoms with E-state index < -0.39 is 12.1 Å². The van der Waals surface area contributed by atoms with E-state index in [9.17, 15) is 13.2 Å². The highest BCUT2D eigenvalue weighted by molar-refractivity contribution is 4.96. The van der Waals surface area contributed by atoms with Gasteiger partial charge in [-0.15, -0.1) is 0 Å². The van der Waals surface area contributed by atoms with Crippen LogP contribution in [0.2, 0.25) is 0 Å². The molecular weight excluding hydrogens is 191 g/mol. The lowest BCUT2D eigenvalue weighted by Crippen LogP contribution is -2.57. The summed E-state index contributed by atoms with van der Waals surface area (Å²) in [5.41, 5.74) is 0. The number of rotatable bonds is 2. The van der Waals surface area contributed by atoms with Gasteiger partial charge in [0.15, 0.2) is 0 Å². The van der Waals surface area contributed by atoms with Gasteiger partial charge >= 0.3 is 6.18 Å². The van der Waals surface area contributed by atoms with E-state index in [1.807, 2.05) is 0 Å². The maximum atomic E-state index is 12.4. The lowest BCUT2D eigenvalue weighted by Gasteiger charge is -2.45. The molecule has 1 N–H and O–H groups in total. The second kappa shape index (κ2) is 3.40. The molecule has 2 aliphatic carbocycles. The highest BCUT2D eigenvalue weighted by Crippen LogP contribution is 2.42. The van der Waals surface area contributed by atoms with Crippen LogP contribution in [0.15, 0.2) is 0 Å². The Morgan fingerprint density at radius 3 is 1.93 bits per heavy atom. The molecule has 4 heteroatoms. The third-order valence-electron chi connectivity index (χ3n) is 3.74. The van der Waals surface area contributed by atoms with Gasteiger partial charge in [-0.25, -0.2) is 0 Å². The summed E-state index contributed by atoms with van der Waals surface area (Å²) in [6.07, 6.45) is -0.804. The average Bonchev–Trinajstić information content (AvgIpc) is 1.97. The number of hydrogen-bond acceptors (Lipinski definition) is 1. The van der Waals surface area contributed by atoms with Crippen molar-refractivity contribution in [1.82, 2.24) is 5.32 Å². The van der Waals surface area contributed by atoms with Crippen molar-refractivity contribution in [3.8, 4) is 0 Å². The fourth-order valence-corrected chi connectivity index (χ4v) is 2.28. The molecule has 4 unspecified atom stereocenters. The maximum Gasteiger partial charge on any atom is 0.393 e. The molecule has 0 heterocycles. The monoisotopic (exact) mass is 207 g/mol. The van der Waals surface area contributed by atoms with Crippen LogP contribution in [0, 0.1) is 11.8 Å². The van der Waals surface area contributed by atoms with Gasteiger partial charge in [0.05, 0.1) is 5.92 Å². The zero-order chi connectivity index (χ0) is 10.3. The van der Waals surface area contributed by atoms with Crippen molar-refractivity contribution in [2.45, 2.75) is 50.9 Å². The molecule has 2 fully saturated rings. The van der Waals surface area contributed by atoms with Crippen molar-refractivity contribution >= 4 is 0 Å². The Hall–Kier alpha value is -0.250. The van der Waals surface area contributed by atoms with Crippen molar-refractivity contribution in [3.05, 3.63) is 0 Å². The molecule has 14 heavy (non-hydrogen) atoms. The van der Waals surface area contributed by atoms with Crippen LogP contribution in [0.4, 0.5) is 13.2 Å². The zero-order valence-corrected chi connectivity index (χ0v) is 8.27. The molecule has 0 saturated heterocycles. The van der Waals surface area contributed by atoms with Crippen LogP contribution in [0.3, 0.4) is 0 Å². The minimum atomic E-state index is -4.00. The van der Waals surface area contributed by atoms with Crippen LogP contribution in [0.5, 0.6) is 0 Å². The fourth-order valence-electron chi connectivity index (χ4n) is 2.28. The smallest absolute Gasteiger partial charge is 0.310 e. The topological polar surface area (TPSA) is 12.0 Å². The van der Waals surface area contributed by atoms with Gasteiger partial charge in [-0.1, -0.05) is 6.92 Å². The summed E-state index contributed by atoms with van der Waals surface area (Å²) in [6, 6.07) is 0.0351. The predicted octanol–water partition coefficient (Wildman–Crippen LogP) is 2.72. The molecule has 0 aromatic rings. The molecule has 2 aliphatic rings. The second-order valence-electron chi connectivity index (χ2n) is 4.66. The van der Waals surface area contributed by atoms with Gasteiger partial charge in [0.25, 0.3) is 0 Å². The highest BCUT2D eigenvalue weighted by Gasteiger charge is 2.50. The standard InChI is InChI=1S/C10H16F3N/c1-6-2-4-8(6)14-9-5-3-7(9)10(11,12)13/h6-9,14H,2-5H2,1H3. The second-order valence-corrected chi connectivity index (χ2v) is 4.66. The van der Waals surface area contributed by atoms with Gasteiger partial charge in [-0.3, -0.25) is 0 Å². The van der Waals surface area contributed by atoms with E-state index in [1.165, 1.54) is 0 Å². The van der Waals surface area contributed by atoms with Crippen molar-refractivity contribution in [1.29, 1.82) is 0 Å². The van der Waals surface area contributed by atoms with Gasteiger partial charge in [0.1, 0.15) is 0 Å². The Morgan fingerprint density at radius 1 is 1.00 bits per heavy atom. The van der Waals surface area contributed by atoms with E-state index in [4.69, 9.17) is 0 Å². The van der Waals surface area contributed by atoms with Crippen molar-refractivity contribution in [2.24, 2.45) is 11.8 Å². The molecule has 82 valence electrons. The fraction of sp³-hybridized carbons (Fsp3) is 1.00. The van der Waals surface area contributed by atoms with Crippen LogP contribution >= 0.6 is 0 Å². The summed E-state index contributed by atoms with van der Waals surface area (Å²) in [4.78, 5) is 0. The Morgan fingerprint density at radius 2 is 1.64 bits per heavy atom. The predicted molar refractivity (Wildman–Crippen MR) is 47.9 cm³/mol.